The van der Waals surface area contributed by atoms with E-state index in [4.69, 9.17) is 15.6 Å². The average molecular weight is 351 g/mol. The second-order valence-corrected chi connectivity index (χ2v) is 5.60. The van der Waals surface area contributed by atoms with Gasteiger partial charge in [0.15, 0.2) is 11.4 Å². The van der Waals surface area contributed by atoms with Crippen molar-refractivity contribution in [3.8, 4) is 0 Å². The van der Waals surface area contributed by atoms with E-state index in [-0.39, 0.29) is 0 Å². The molecule has 1 aliphatic heterocycles. The monoisotopic (exact) mass is 351 g/mol. The maximum absolute atomic E-state index is 12.1. The van der Waals surface area contributed by atoms with Gasteiger partial charge in [-0.1, -0.05) is 0 Å². The number of hydrogen-bond acceptors (Lipinski definition) is 10. The van der Waals surface area contributed by atoms with Crippen molar-refractivity contribution in [2.75, 3.05) is 6.61 Å². The quantitative estimate of drug-likeness (QED) is 0.259. The first-order valence-corrected chi connectivity index (χ1v) is 6.99. The Morgan fingerprint density at radius 1 is 1.33 bits per heavy atom. The van der Waals surface area contributed by atoms with Gasteiger partial charge in [0, 0.05) is 6.92 Å². The lowest BCUT2D eigenvalue weighted by molar-refractivity contribution is -0.323. The Kier molecular flexibility index (Phi) is 6.03. The van der Waals surface area contributed by atoms with Crippen LogP contribution in [-0.4, -0.2) is 85.6 Å². The van der Waals surface area contributed by atoms with Gasteiger partial charge in [-0.05, 0) is 6.92 Å². The Hall–Kier alpha value is -1.63. The lowest BCUT2D eigenvalue weighted by Gasteiger charge is -2.51. The third-order valence-corrected chi connectivity index (χ3v) is 3.90. The number of aliphatic hydroxyl groups excluding tert-OH is 4. The number of aliphatic carboxylic acids is 1. The van der Waals surface area contributed by atoms with Crippen molar-refractivity contribution in [2.24, 2.45) is 5.73 Å². The van der Waals surface area contributed by atoms with E-state index in [1.54, 1.807) is 0 Å². The first kappa shape index (κ1) is 20.4. The zero-order valence-corrected chi connectivity index (χ0v) is 13.1. The van der Waals surface area contributed by atoms with Gasteiger partial charge in [0.05, 0.1) is 25.2 Å². The number of aliphatic hydroxyl groups is 4. The molecule has 1 rings (SSSR count). The molecule has 11 heteroatoms. The summed E-state index contributed by atoms with van der Waals surface area (Å²) >= 11 is 0. The van der Waals surface area contributed by atoms with Crippen LogP contribution in [0, 0.1) is 0 Å². The van der Waals surface area contributed by atoms with Gasteiger partial charge >= 0.3 is 17.7 Å². The topological polar surface area (TPSA) is 197 Å². The standard InChI is InChI=1S/C13H21NO10/c1-5(16)13(10(20)8(19)4-15)9(14)7(18)3-12(24-13,11(21)22)23-6(2)17/h7-10,15,18-20H,3-4,14H2,1-2H3,(H,21,22)/t7-,8+,9+,10+,12-,13+/m0/s1. The molecule has 0 radical (unpaired) electrons. The molecule has 0 bridgehead atoms. The van der Waals surface area contributed by atoms with Crippen molar-refractivity contribution in [2.45, 2.75) is 56.0 Å². The lowest BCUT2D eigenvalue weighted by Crippen LogP contribution is -2.76. The fraction of sp³-hybridized carbons (Fsp3) is 0.769. The first-order valence-electron chi connectivity index (χ1n) is 6.99. The van der Waals surface area contributed by atoms with Crippen molar-refractivity contribution in [3.63, 3.8) is 0 Å². The molecule has 0 unspecified atom stereocenters. The van der Waals surface area contributed by atoms with Gasteiger partial charge in [0.25, 0.3) is 0 Å². The van der Waals surface area contributed by atoms with Crippen LogP contribution in [-0.2, 0) is 23.9 Å². The van der Waals surface area contributed by atoms with E-state index in [0.717, 1.165) is 13.8 Å². The third-order valence-electron chi connectivity index (χ3n) is 3.90. The van der Waals surface area contributed by atoms with Crippen LogP contribution in [0.5, 0.6) is 0 Å². The Morgan fingerprint density at radius 2 is 1.88 bits per heavy atom. The minimum atomic E-state index is -2.80. The molecule has 0 aliphatic carbocycles. The third kappa shape index (κ3) is 3.27. The predicted octanol–water partition coefficient (Wildman–Crippen LogP) is -3.52. The minimum Gasteiger partial charge on any atom is -0.476 e. The van der Waals surface area contributed by atoms with Crippen molar-refractivity contribution in [3.05, 3.63) is 0 Å². The molecule has 0 aromatic heterocycles. The lowest BCUT2D eigenvalue weighted by atomic mass is 9.75. The average Bonchev–Trinajstić information content (AvgIpc) is 2.48. The van der Waals surface area contributed by atoms with Crippen molar-refractivity contribution < 1.29 is 49.4 Å². The zero-order valence-electron chi connectivity index (χ0n) is 13.1. The normalized spacial score (nSPS) is 35.8. The van der Waals surface area contributed by atoms with E-state index in [1.165, 1.54) is 0 Å². The highest BCUT2D eigenvalue weighted by Gasteiger charge is 2.65. The summed E-state index contributed by atoms with van der Waals surface area (Å²) in [5.74, 6) is -6.77. The molecule has 0 aromatic rings. The fourth-order valence-electron chi connectivity index (χ4n) is 2.70. The van der Waals surface area contributed by atoms with Crippen LogP contribution < -0.4 is 5.73 Å². The van der Waals surface area contributed by atoms with Crippen LogP contribution in [0.25, 0.3) is 0 Å². The molecule has 1 heterocycles. The molecule has 0 saturated carbocycles. The summed E-state index contributed by atoms with van der Waals surface area (Å²) in [5.41, 5.74) is 3.09. The van der Waals surface area contributed by atoms with Crippen molar-refractivity contribution in [1.29, 1.82) is 0 Å². The maximum atomic E-state index is 12.1. The van der Waals surface area contributed by atoms with Crippen LogP contribution in [0.3, 0.4) is 0 Å². The summed E-state index contributed by atoms with van der Waals surface area (Å²) in [6.07, 6.45) is -6.67. The molecule has 1 saturated heterocycles. The predicted molar refractivity (Wildman–Crippen MR) is 74.3 cm³/mol. The van der Waals surface area contributed by atoms with E-state index in [2.05, 4.69) is 4.74 Å². The highest BCUT2D eigenvalue weighted by molar-refractivity contribution is 5.89. The number of esters is 1. The maximum Gasteiger partial charge on any atom is 0.377 e. The van der Waals surface area contributed by atoms with Gasteiger partial charge < -0.3 is 40.7 Å². The van der Waals surface area contributed by atoms with Crippen LogP contribution in [0.4, 0.5) is 0 Å². The largest absolute Gasteiger partial charge is 0.476 e. The van der Waals surface area contributed by atoms with Gasteiger partial charge in [-0.3, -0.25) is 9.59 Å². The highest BCUT2D eigenvalue weighted by atomic mass is 16.7. The van der Waals surface area contributed by atoms with Gasteiger partial charge in [-0.15, -0.1) is 0 Å². The fourth-order valence-corrected chi connectivity index (χ4v) is 2.70. The molecule has 7 N–H and O–H groups in total. The Morgan fingerprint density at radius 3 is 2.25 bits per heavy atom. The van der Waals surface area contributed by atoms with Crippen LogP contribution in [0.1, 0.15) is 20.3 Å². The number of nitrogens with two attached hydrogens (primary N) is 1. The van der Waals surface area contributed by atoms with E-state index < -0.39 is 66.5 Å². The molecule has 24 heavy (non-hydrogen) atoms. The van der Waals surface area contributed by atoms with Gasteiger partial charge in [0.2, 0.25) is 0 Å². The number of ketones is 1. The van der Waals surface area contributed by atoms with E-state index in [0.29, 0.717) is 0 Å². The molecule has 138 valence electrons. The molecular formula is C13H21NO10. The summed E-state index contributed by atoms with van der Waals surface area (Å²) in [6, 6.07) is -1.66. The SMILES string of the molecule is CC(=O)O[C@@]1(C(=O)O)C[C@H](O)[C@@H](N)[C@](C(C)=O)([C@H](O)[C@H](O)CO)O1. The number of carbonyl (C=O) groups is 3. The molecular weight excluding hydrogens is 330 g/mol. The number of rotatable bonds is 6. The second-order valence-electron chi connectivity index (χ2n) is 5.60. The molecule has 1 aliphatic rings. The van der Waals surface area contributed by atoms with Gasteiger partial charge in [-0.25, -0.2) is 4.79 Å². The first-order chi connectivity index (χ1) is 10.9. The van der Waals surface area contributed by atoms with E-state index in [1.807, 2.05) is 0 Å². The van der Waals surface area contributed by atoms with E-state index >= 15 is 0 Å². The number of carbonyl (C=O) groups excluding carboxylic acids is 2. The molecule has 11 nitrogen and oxygen atoms in total. The summed E-state index contributed by atoms with van der Waals surface area (Å²) in [6.45, 7) is 0.755. The van der Waals surface area contributed by atoms with E-state index in [9.17, 15) is 34.8 Å². The number of Topliss-reactive ketones (excluding diaryl/α,β-unsaturated/α-hetero) is 1. The number of ether oxygens (including phenoxy) is 2. The summed E-state index contributed by atoms with van der Waals surface area (Å²) in [4.78, 5) is 34.9. The van der Waals surface area contributed by atoms with Crippen molar-refractivity contribution >= 4 is 17.7 Å². The van der Waals surface area contributed by atoms with Crippen LogP contribution in [0.15, 0.2) is 0 Å². The molecule has 6 atom stereocenters. The summed E-state index contributed by atoms with van der Waals surface area (Å²) in [5, 5.41) is 48.3. The zero-order chi connectivity index (χ0) is 18.9. The molecule has 0 amide bonds. The smallest absolute Gasteiger partial charge is 0.377 e. The number of carboxylic acids is 1. The Bertz CT molecular complexity index is 525. The highest BCUT2D eigenvalue weighted by Crippen LogP contribution is 2.40. The number of hydrogen-bond donors (Lipinski definition) is 6. The van der Waals surface area contributed by atoms with Gasteiger partial charge in [0.1, 0.15) is 12.2 Å². The summed E-state index contributed by atoms with van der Waals surface area (Å²) in [7, 11) is 0. The minimum absolute atomic E-state index is 0.806. The van der Waals surface area contributed by atoms with Crippen LogP contribution in [0.2, 0.25) is 0 Å². The Labute approximate surface area is 136 Å². The Balaban J connectivity index is 3.52. The summed E-state index contributed by atoms with van der Waals surface area (Å²) < 4.78 is 9.81. The molecule has 0 aromatic carbocycles. The van der Waals surface area contributed by atoms with Crippen LogP contribution >= 0.6 is 0 Å². The molecule has 1 fully saturated rings. The second kappa shape index (κ2) is 7.09. The van der Waals surface area contributed by atoms with Gasteiger partial charge in [-0.2, -0.15) is 0 Å². The molecule has 0 spiro atoms. The van der Waals surface area contributed by atoms with Crippen molar-refractivity contribution in [1.82, 2.24) is 0 Å². The number of carboxylic acid groups (broad SMARTS) is 1.